The summed E-state index contributed by atoms with van der Waals surface area (Å²) in [6.07, 6.45) is 1.46. The summed E-state index contributed by atoms with van der Waals surface area (Å²) >= 11 is 0. The van der Waals surface area contributed by atoms with Crippen molar-refractivity contribution in [1.82, 2.24) is 0 Å². The summed E-state index contributed by atoms with van der Waals surface area (Å²) in [4.78, 5) is 0. The first kappa shape index (κ1) is 14.4. The van der Waals surface area contributed by atoms with Crippen molar-refractivity contribution in [2.24, 2.45) is 10.9 Å². The van der Waals surface area contributed by atoms with Crippen LogP contribution in [0.15, 0.2) is 29.4 Å². The number of para-hydroxylation sites is 1. The van der Waals surface area contributed by atoms with Gasteiger partial charge in [-0.25, -0.2) is 0 Å². The molecule has 18 heavy (non-hydrogen) atoms. The Balaban J connectivity index is 2.81. The topological polar surface area (TPSA) is 70.6 Å². The van der Waals surface area contributed by atoms with Crippen LogP contribution < -0.4 is 11.1 Å². The van der Waals surface area contributed by atoms with Gasteiger partial charge in [0.05, 0.1) is 0 Å². The van der Waals surface area contributed by atoms with E-state index in [9.17, 15) is 0 Å². The molecule has 0 bridgehead atoms. The predicted molar refractivity (Wildman–Crippen MR) is 76.3 cm³/mol. The average Bonchev–Trinajstić information content (AvgIpc) is 2.38. The third-order valence-corrected chi connectivity index (χ3v) is 3.02. The Bertz CT molecular complexity index is 402. The number of oxime groups is 1. The van der Waals surface area contributed by atoms with Crippen LogP contribution in [0.3, 0.4) is 0 Å². The zero-order valence-electron chi connectivity index (χ0n) is 11.4. The molecule has 0 saturated heterocycles. The maximum Gasteiger partial charge on any atom is 0.141 e. The number of nitrogens with one attached hydrogen (secondary N) is 1. The van der Waals surface area contributed by atoms with E-state index in [0.717, 1.165) is 12.1 Å². The molecule has 1 aromatic carbocycles. The van der Waals surface area contributed by atoms with Gasteiger partial charge >= 0.3 is 0 Å². The molecule has 0 aliphatic rings. The van der Waals surface area contributed by atoms with Gasteiger partial charge in [0.1, 0.15) is 5.84 Å². The molecule has 1 aromatic rings. The van der Waals surface area contributed by atoms with E-state index < -0.39 is 0 Å². The summed E-state index contributed by atoms with van der Waals surface area (Å²) in [5.74, 6) is 0.728. The molecule has 1 rings (SSSR count). The number of hydrogen-bond acceptors (Lipinski definition) is 3. The van der Waals surface area contributed by atoms with Crippen LogP contribution in [0.4, 0.5) is 5.69 Å². The van der Waals surface area contributed by atoms with Gasteiger partial charge in [0.2, 0.25) is 0 Å². The number of hydrogen-bond donors (Lipinski definition) is 3. The molecule has 0 spiro atoms. The Morgan fingerprint density at radius 2 is 2.06 bits per heavy atom. The monoisotopic (exact) mass is 249 g/mol. The molecule has 0 saturated carbocycles. The van der Waals surface area contributed by atoms with Crippen LogP contribution >= 0.6 is 0 Å². The molecule has 0 aromatic heterocycles. The summed E-state index contributed by atoms with van der Waals surface area (Å²) in [5, 5.41) is 15.1. The summed E-state index contributed by atoms with van der Waals surface area (Å²) in [7, 11) is 0. The van der Waals surface area contributed by atoms with Gasteiger partial charge in [-0.05, 0) is 24.0 Å². The molecule has 0 aliphatic heterocycles. The number of nitrogens with two attached hydrogens (primary N) is 1. The molecule has 1 unspecified atom stereocenters. The van der Waals surface area contributed by atoms with Crippen LogP contribution in [0.1, 0.15) is 45.1 Å². The van der Waals surface area contributed by atoms with Gasteiger partial charge in [0.15, 0.2) is 0 Å². The first-order valence-corrected chi connectivity index (χ1v) is 6.40. The third-order valence-electron chi connectivity index (χ3n) is 3.02. The van der Waals surface area contributed by atoms with Gasteiger partial charge in [-0.3, -0.25) is 0 Å². The molecule has 0 heterocycles. The highest BCUT2D eigenvalue weighted by atomic mass is 16.4. The molecule has 4 N–H and O–H groups in total. The summed E-state index contributed by atoms with van der Waals surface area (Å²) in [6.45, 7) is 6.43. The van der Waals surface area contributed by atoms with Crippen LogP contribution in [0, 0.1) is 0 Å². The van der Waals surface area contributed by atoms with Gasteiger partial charge in [-0.1, -0.05) is 44.1 Å². The Morgan fingerprint density at radius 1 is 1.39 bits per heavy atom. The number of amidine groups is 1. The fourth-order valence-corrected chi connectivity index (χ4v) is 1.94. The van der Waals surface area contributed by atoms with Crippen molar-refractivity contribution in [2.45, 2.75) is 45.6 Å². The van der Waals surface area contributed by atoms with E-state index in [1.54, 1.807) is 0 Å². The van der Waals surface area contributed by atoms with Gasteiger partial charge in [-0.15, -0.1) is 0 Å². The largest absolute Gasteiger partial charge is 0.409 e. The van der Waals surface area contributed by atoms with E-state index >= 15 is 0 Å². The number of nitrogens with zero attached hydrogens (tertiary/aromatic N) is 1. The predicted octanol–water partition coefficient (Wildman–Crippen LogP) is 3.14. The van der Waals surface area contributed by atoms with Crippen molar-refractivity contribution in [3.63, 3.8) is 0 Å². The lowest BCUT2D eigenvalue weighted by molar-refractivity contribution is 0.316. The van der Waals surface area contributed by atoms with Crippen molar-refractivity contribution >= 4 is 11.5 Å². The van der Waals surface area contributed by atoms with E-state index in [1.165, 1.54) is 5.56 Å². The first-order valence-electron chi connectivity index (χ1n) is 6.40. The van der Waals surface area contributed by atoms with Crippen molar-refractivity contribution in [3.8, 4) is 0 Å². The van der Waals surface area contributed by atoms with Crippen LogP contribution in [0.2, 0.25) is 0 Å². The maximum absolute atomic E-state index is 8.62. The van der Waals surface area contributed by atoms with Crippen molar-refractivity contribution in [1.29, 1.82) is 0 Å². The molecule has 0 aliphatic carbocycles. The minimum absolute atomic E-state index is 0.181. The molecule has 4 nitrogen and oxygen atoms in total. The normalized spacial score (nSPS) is 13.7. The van der Waals surface area contributed by atoms with E-state index in [1.807, 2.05) is 12.1 Å². The smallest absolute Gasteiger partial charge is 0.141 e. The summed E-state index contributed by atoms with van der Waals surface area (Å²) in [5.41, 5.74) is 7.98. The zero-order chi connectivity index (χ0) is 13.5. The molecule has 0 radical (unpaired) electrons. The number of benzene rings is 1. The van der Waals surface area contributed by atoms with Crippen LogP contribution in [-0.4, -0.2) is 17.1 Å². The summed E-state index contributed by atoms with van der Waals surface area (Å²) < 4.78 is 0. The Labute approximate surface area is 109 Å². The molecular weight excluding hydrogens is 226 g/mol. The molecule has 0 fully saturated rings. The van der Waals surface area contributed by atoms with Gasteiger partial charge in [-0.2, -0.15) is 0 Å². The highest BCUT2D eigenvalue weighted by Gasteiger charge is 2.12. The fourth-order valence-electron chi connectivity index (χ4n) is 1.94. The molecular formula is C14H23N3O. The van der Waals surface area contributed by atoms with Crippen LogP contribution in [0.25, 0.3) is 0 Å². The summed E-state index contributed by atoms with van der Waals surface area (Å²) in [6, 6.07) is 8.45. The second-order valence-electron chi connectivity index (χ2n) is 4.79. The third kappa shape index (κ3) is 3.95. The quantitative estimate of drug-likeness (QED) is 0.314. The lowest BCUT2D eigenvalue weighted by Gasteiger charge is -2.21. The Morgan fingerprint density at radius 3 is 2.61 bits per heavy atom. The fraction of sp³-hybridized carbons (Fsp3) is 0.500. The minimum Gasteiger partial charge on any atom is -0.409 e. The molecule has 100 valence electrons. The lowest BCUT2D eigenvalue weighted by Crippen LogP contribution is -2.27. The number of anilines is 1. The van der Waals surface area contributed by atoms with Crippen molar-refractivity contribution in [2.75, 3.05) is 5.32 Å². The van der Waals surface area contributed by atoms with Gasteiger partial charge in [0.25, 0.3) is 0 Å². The molecule has 0 amide bonds. The van der Waals surface area contributed by atoms with Crippen molar-refractivity contribution < 1.29 is 5.21 Å². The highest BCUT2D eigenvalue weighted by molar-refractivity contribution is 5.80. The maximum atomic E-state index is 8.62. The lowest BCUT2D eigenvalue weighted by atomic mass is 10.00. The van der Waals surface area contributed by atoms with Gasteiger partial charge in [0, 0.05) is 18.2 Å². The van der Waals surface area contributed by atoms with E-state index in [2.05, 4.69) is 43.4 Å². The van der Waals surface area contributed by atoms with Crippen LogP contribution in [0.5, 0.6) is 0 Å². The Kier molecular flexibility index (Phi) is 5.49. The Hall–Kier alpha value is -1.71. The minimum atomic E-state index is 0.181. The highest BCUT2D eigenvalue weighted by Crippen LogP contribution is 2.25. The van der Waals surface area contributed by atoms with E-state index in [0.29, 0.717) is 12.3 Å². The molecule has 1 atom stereocenters. The number of rotatable bonds is 6. The average molecular weight is 249 g/mol. The van der Waals surface area contributed by atoms with Crippen LogP contribution in [-0.2, 0) is 0 Å². The zero-order valence-corrected chi connectivity index (χ0v) is 11.4. The first-order chi connectivity index (χ1) is 8.58. The van der Waals surface area contributed by atoms with Gasteiger partial charge < -0.3 is 16.3 Å². The second-order valence-corrected chi connectivity index (χ2v) is 4.79. The second kappa shape index (κ2) is 6.89. The molecule has 4 heteroatoms. The van der Waals surface area contributed by atoms with Crippen molar-refractivity contribution in [3.05, 3.63) is 29.8 Å². The van der Waals surface area contributed by atoms with E-state index in [4.69, 9.17) is 10.9 Å². The SMILES string of the molecule is CCC(CC(N)=NO)Nc1ccccc1C(C)C. The standard InChI is InChI=1S/C14H23N3O/c1-4-11(9-14(15)17-18)16-13-8-6-5-7-12(13)10(2)3/h5-8,10-11,16,18H,4,9H2,1-3H3,(H2,15,17). The van der Waals surface area contributed by atoms with E-state index in [-0.39, 0.29) is 11.9 Å².